The van der Waals surface area contributed by atoms with Gasteiger partial charge in [0.15, 0.2) is 0 Å². The molecule has 0 bridgehead atoms. The predicted octanol–water partition coefficient (Wildman–Crippen LogP) is 2.57. The third-order valence-corrected chi connectivity index (χ3v) is 2.91. The maximum Gasteiger partial charge on any atom is 0.119 e. The minimum absolute atomic E-state index is 0.381. The summed E-state index contributed by atoms with van der Waals surface area (Å²) in [7, 11) is 1.70. The van der Waals surface area contributed by atoms with Crippen LogP contribution in [0.1, 0.15) is 12.0 Å². The van der Waals surface area contributed by atoms with Crippen LogP contribution in [0.3, 0.4) is 0 Å². The van der Waals surface area contributed by atoms with Crippen LogP contribution in [0.15, 0.2) is 36.4 Å². The Morgan fingerprint density at radius 1 is 1.05 bits per heavy atom. The first-order valence-corrected chi connectivity index (χ1v) is 6.68. The third kappa shape index (κ3) is 3.99. The van der Waals surface area contributed by atoms with E-state index >= 15 is 0 Å². The number of rotatable bonds is 5. The molecule has 2 rings (SSSR count). The first-order chi connectivity index (χ1) is 9.83. The molecule has 3 nitrogen and oxygen atoms in total. The number of ether oxygens (including phenoxy) is 2. The number of hydrogen-bond acceptors (Lipinski definition) is 3. The van der Waals surface area contributed by atoms with E-state index in [2.05, 4.69) is 30.0 Å². The van der Waals surface area contributed by atoms with Gasteiger partial charge in [-0.2, -0.15) is 0 Å². The van der Waals surface area contributed by atoms with Gasteiger partial charge in [0.1, 0.15) is 5.75 Å². The number of benzene rings is 2. The molecule has 0 atom stereocenters. The highest BCUT2D eigenvalue weighted by molar-refractivity contribution is 5.85. The highest BCUT2D eigenvalue weighted by Gasteiger charge is 1.99. The van der Waals surface area contributed by atoms with E-state index in [1.165, 1.54) is 0 Å². The molecule has 0 aliphatic carbocycles. The molecule has 0 aromatic heterocycles. The molecule has 2 aromatic rings. The SMILES string of the molecule is COCCCOc1ccc2cc(C#CCN)ccc2c1. The maximum absolute atomic E-state index is 5.69. The number of hydrogen-bond donors (Lipinski definition) is 1. The Labute approximate surface area is 119 Å². The summed E-state index contributed by atoms with van der Waals surface area (Å²) in [5, 5.41) is 2.30. The smallest absolute Gasteiger partial charge is 0.119 e. The van der Waals surface area contributed by atoms with E-state index in [-0.39, 0.29) is 0 Å². The van der Waals surface area contributed by atoms with Crippen LogP contribution in [-0.2, 0) is 4.74 Å². The van der Waals surface area contributed by atoms with Gasteiger partial charge < -0.3 is 15.2 Å². The molecule has 0 aliphatic heterocycles. The van der Waals surface area contributed by atoms with Gasteiger partial charge in [-0.25, -0.2) is 0 Å². The van der Waals surface area contributed by atoms with Gasteiger partial charge >= 0.3 is 0 Å². The van der Waals surface area contributed by atoms with Crippen molar-refractivity contribution in [1.82, 2.24) is 0 Å². The number of nitrogens with two attached hydrogens (primary N) is 1. The van der Waals surface area contributed by atoms with Crippen LogP contribution >= 0.6 is 0 Å². The predicted molar refractivity (Wildman–Crippen MR) is 81.9 cm³/mol. The molecule has 0 saturated carbocycles. The molecule has 0 amide bonds. The normalized spacial score (nSPS) is 10.1. The second-order valence-corrected chi connectivity index (χ2v) is 4.42. The van der Waals surface area contributed by atoms with Gasteiger partial charge in [-0.3, -0.25) is 0 Å². The zero-order valence-corrected chi connectivity index (χ0v) is 11.7. The van der Waals surface area contributed by atoms with E-state index < -0.39 is 0 Å². The molecular formula is C17H19NO2. The molecule has 0 radical (unpaired) electrons. The van der Waals surface area contributed by atoms with Crippen molar-refractivity contribution in [3.05, 3.63) is 42.0 Å². The molecule has 104 valence electrons. The van der Waals surface area contributed by atoms with Crippen molar-refractivity contribution < 1.29 is 9.47 Å². The van der Waals surface area contributed by atoms with Gasteiger partial charge in [-0.1, -0.05) is 24.0 Å². The Morgan fingerprint density at radius 3 is 2.65 bits per heavy atom. The third-order valence-electron chi connectivity index (χ3n) is 2.91. The Kier molecular flexibility index (Phi) is 5.43. The molecule has 0 aliphatic rings. The molecule has 0 heterocycles. The van der Waals surface area contributed by atoms with Crippen LogP contribution in [0, 0.1) is 11.8 Å². The summed E-state index contributed by atoms with van der Waals surface area (Å²) in [6.45, 7) is 1.77. The van der Waals surface area contributed by atoms with E-state index in [1.807, 2.05) is 18.2 Å². The average molecular weight is 269 g/mol. The lowest BCUT2D eigenvalue weighted by Gasteiger charge is -2.07. The summed E-state index contributed by atoms with van der Waals surface area (Å²) in [6.07, 6.45) is 0.891. The fourth-order valence-electron chi connectivity index (χ4n) is 1.94. The Morgan fingerprint density at radius 2 is 1.85 bits per heavy atom. The van der Waals surface area contributed by atoms with Crippen molar-refractivity contribution in [1.29, 1.82) is 0 Å². The Bertz CT molecular complexity index is 626. The Hall–Kier alpha value is -2.02. The molecule has 0 unspecified atom stereocenters. The molecule has 3 heteroatoms. The van der Waals surface area contributed by atoms with E-state index in [9.17, 15) is 0 Å². The van der Waals surface area contributed by atoms with Crippen LogP contribution in [0.4, 0.5) is 0 Å². The minimum atomic E-state index is 0.381. The van der Waals surface area contributed by atoms with Gasteiger partial charge in [0.2, 0.25) is 0 Å². The van der Waals surface area contributed by atoms with Crippen LogP contribution in [-0.4, -0.2) is 26.9 Å². The van der Waals surface area contributed by atoms with E-state index in [0.717, 1.165) is 35.1 Å². The fourth-order valence-corrected chi connectivity index (χ4v) is 1.94. The van der Waals surface area contributed by atoms with Crippen molar-refractivity contribution in [2.75, 3.05) is 26.9 Å². The van der Waals surface area contributed by atoms with Crippen molar-refractivity contribution >= 4 is 10.8 Å². The first-order valence-electron chi connectivity index (χ1n) is 6.68. The topological polar surface area (TPSA) is 44.5 Å². The summed E-state index contributed by atoms with van der Waals surface area (Å²) < 4.78 is 10.7. The second-order valence-electron chi connectivity index (χ2n) is 4.42. The van der Waals surface area contributed by atoms with Crippen molar-refractivity contribution in [2.45, 2.75) is 6.42 Å². The fraction of sp³-hybridized carbons (Fsp3) is 0.294. The summed E-state index contributed by atoms with van der Waals surface area (Å²) in [5.41, 5.74) is 6.36. The van der Waals surface area contributed by atoms with E-state index in [1.54, 1.807) is 7.11 Å². The van der Waals surface area contributed by atoms with Crippen LogP contribution in [0.2, 0.25) is 0 Å². The lowest BCUT2D eigenvalue weighted by atomic mass is 10.1. The van der Waals surface area contributed by atoms with E-state index in [4.69, 9.17) is 15.2 Å². The second kappa shape index (κ2) is 7.54. The highest BCUT2D eigenvalue weighted by Crippen LogP contribution is 2.22. The van der Waals surface area contributed by atoms with Gasteiger partial charge in [0.05, 0.1) is 13.2 Å². The number of methoxy groups -OCH3 is 1. The Balaban J connectivity index is 2.10. The molecule has 0 spiro atoms. The molecule has 2 N–H and O–H groups in total. The van der Waals surface area contributed by atoms with Crippen LogP contribution in [0.25, 0.3) is 10.8 Å². The molecule has 20 heavy (non-hydrogen) atoms. The van der Waals surface area contributed by atoms with E-state index in [0.29, 0.717) is 13.2 Å². The zero-order chi connectivity index (χ0) is 14.2. The lowest BCUT2D eigenvalue weighted by molar-refractivity contribution is 0.172. The maximum atomic E-state index is 5.69. The summed E-state index contributed by atoms with van der Waals surface area (Å²) in [5.74, 6) is 6.78. The quantitative estimate of drug-likeness (QED) is 0.670. The highest BCUT2D eigenvalue weighted by atomic mass is 16.5. The zero-order valence-electron chi connectivity index (χ0n) is 11.7. The largest absolute Gasteiger partial charge is 0.493 e. The molecule has 0 saturated heterocycles. The van der Waals surface area contributed by atoms with Gasteiger partial charge in [0, 0.05) is 25.7 Å². The van der Waals surface area contributed by atoms with Crippen LogP contribution in [0.5, 0.6) is 5.75 Å². The number of fused-ring (bicyclic) bond motifs is 1. The molecular weight excluding hydrogens is 250 g/mol. The standard InChI is InChI=1S/C17H19NO2/c1-19-10-3-11-20-17-8-7-15-12-14(4-2-9-18)5-6-16(15)13-17/h5-8,12-13H,3,9-11,18H2,1H3. The van der Waals surface area contributed by atoms with Crippen molar-refractivity contribution in [2.24, 2.45) is 5.73 Å². The van der Waals surface area contributed by atoms with Crippen LogP contribution < -0.4 is 10.5 Å². The average Bonchev–Trinajstić information content (AvgIpc) is 2.49. The summed E-state index contributed by atoms with van der Waals surface area (Å²) >= 11 is 0. The monoisotopic (exact) mass is 269 g/mol. The van der Waals surface area contributed by atoms with Gasteiger partial charge in [0.25, 0.3) is 0 Å². The molecule has 2 aromatic carbocycles. The van der Waals surface area contributed by atoms with Crippen molar-refractivity contribution in [3.8, 4) is 17.6 Å². The summed E-state index contributed by atoms with van der Waals surface area (Å²) in [6, 6.07) is 12.2. The molecule has 0 fully saturated rings. The van der Waals surface area contributed by atoms with Crippen molar-refractivity contribution in [3.63, 3.8) is 0 Å². The van der Waals surface area contributed by atoms with Gasteiger partial charge in [-0.05, 0) is 35.0 Å². The van der Waals surface area contributed by atoms with Gasteiger partial charge in [-0.15, -0.1) is 0 Å². The lowest BCUT2D eigenvalue weighted by Crippen LogP contribution is -2.01. The summed E-state index contributed by atoms with van der Waals surface area (Å²) in [4.78, 5) is 0. The minimum Gasteiger partial charge on any atom is -0.493 e. The first kappa shape index (κ1) is 14.4.